The largest absolute Gasteiger partial charge is 0.468 e. The van der Waals surface area contributed by atoms with Crippen molar-refractivity contribution >= 4 is 11.6 Å². The Kier molecular flexibility index (Phi) is 6.23. The van der Waals surface area contributed by atoms with Gasteiger partial charge in [0.1, 0.15) is 0 Å². The Hall–Kier alpha value is -1.83. The molecule has 0 aliphatic heterocycles. The SMILES string of the molecule is O=C(CCCCO)Nc1ccc(OCC(F)(F)F)nc1. The number of amides is 1. The number of carbonyl (C=O) groups excluding carboxylic acids is 1. The number of ether oxygens (including phenoxy) is 1. The fraction of sp³-hybridized carbons (Fsp3) is 0.500. The zero-order chi connectivity index (χ0) is 15.0. The molecule has 20 heavy (non-hydrogen) atoms. The number of carbonyl (C=O) groups is 1. The van der Waals surface area contributed by atoms with Crippen LogP contribution in [-0.2, 0) is 4.79 Å². The minimum atomic E-state index is -4.42. The molecule has 1 rings (SSSR count). The molecule has 0 unspecified atom stereocenters. The average Bonchev–Trinajstić information content (AvgIpc) is 2.37. The van der Waals surface area contributed by atoms with E-state index in [1.54, 1.807) is 0 Å². The summed E-state index contributed by atoms with van der Waals surface area (Å²) < 4.78 is 40.2. The number of anilines is 1. The van der Waals surface area contributed by atoms with Gasteiger partial charge in [0.05, 0.1) is 11.9 Å². The fourth-order valence-corrected chi connectivity index (χ4v) is 1.32. The smallest absolute Gasteiger partial charge is 0.422 e. The molecule has 1 aromatic rings. The van der Waals surface area contributed by atoms with Gasteiger partial charge in [0.2, 0.25) is 11.8 Å². The maximum atomic E-state index is 11.9. The van der Waals surface area contributed by atoms with Gasteiger partial charge in [-0.1, -0.05) is 0 Å². The molecule has 1 amide bonds. The Morgan fingerprint density at radius 2 is 2.10 bits per heavy atom. The normalized spacial score (nSPS) is 11.2. The number of alkyl halides is 3. The van der Waals surface area contributed by atoms with Crippen molar-refractivity contribution in [2.75, 3.05) is 18.5 Å². The van der Waals surface area contributed by atoms with Crippen LogP contribution in [0.15, 0.2) is 18.3 Å². The van der Waals surface area contributed by atoms with Crippen LogP contribution in [0.1, 0.15) is 19.3 Å². The summed E-state index contributed by atoms with van der Waals surface area (Å²) in [5, 5.41) is 11.1. The number of rotatable bonds is 7. The summed E-state index contributed by atoms with van der Waals surface area (Å²) in [7, 11) is 0. The van der Waals surface area contributed by atoms with Gasteiger partial charge in [0.25, 0.3) is 0 Å². The number of hydrogen-bond acceptors (Lipinski definition) is 4. The predicted molar refractivity (Wildman–Crippen MR) is 65.4 cm³/mol. The second-order valence-corrected chi connectivity index (χ2v) is 4.02. The molecule has 0 atom stereocenters. The fourth-order valence-electron chi connectivity index (χ4n) is 1.32. The van der Waals surface area contributed by atoms with Gasteiger partial charge in [-0.3, -0.25) is 4.79 Å². The molecule has 112 valence electrons. The molecule has 1 heterocycles. The number of halogens is 3. The van der Waals surface area contributed by atoms with Crippen molar-refractivity contribution in [3.63, 3.8) is 0 Å². The van der Waals surface area contributed by atoms with E-state index in [4.69, 9.17) is 5.11 Å². The molecule has 0 aromatic carbocycles. The lowest BCUT2D eigenvalue weighted by Gasteiger charge is -2.09. The summed E-state index contributed by atoms with van der Waals surface area (Å²) in [6.45, 7) is -1.38. The van der Waals surface area contributed by atoms with Crippen molar-refractivity contribution < 1.29 is 27.8 Å². The lowest BCUT2D eigenvalue weighted by molar-refractivity contribution is -0.154. The minimum Gasteiger partial charge on any atom is -0.468 e. The standard InChI is InChI=1S/C12H15F3N2O3/c13-12(14,15)8-20-11-5-4-9(7-16-11)17-10(19)3-1-2-6-18/h4-5,7,18H,1-3,6,8H2,(H,17,19). The van der Waals surface area contributed by atoms with Crippen molar-refractivity contribution in [1.29, 1.82) is 0 Å². The van der Waals surface area contributed by atoms with Crippen LogP contribution in [0.2, 0.25) is 0 Å². The minimum absolute atomic E-state index is 0.0279. The van der Waals surface area contributed by atoms with Gasteiger partial charge >= 0.3 is 6.18 Å². The molecule has 0 radical (unpaired) electrons. The number of unbranched alkanes of at least 4 members (excludes halogenated alkanes) is 1. The third-order valence-electron chi connectivity index (χ3n) is 2.22. The molecule has 0 saturated heterocycles. The van der Waals surface area contributed by atoms with Crippen LogP contribution < -0.4 is 10.1 Å². The van der Waals surface area contributed by atoms with Gasteiger partial charge in [-0.05, 0) is 18.9 Å². The van der Waals surface area contributed by atoms with Crippen LogP contribution in [0.5, 0.6) is 5.88 Å². The number of hydrogen-bond donors (Lipinski definition) is 2. The van der Waals surface area contributed by atoms with Crippen LogP contribution in [-0.4, -0.2) is 35.4 Å². The van der Waals surface area contributed by atoms with Gasteiger partial charge in [0, 0.05) is 19.1 Å². The average molecular weight is 292 g/mol. The van der Waals surface area contributed by atoms with E-state index in [-0.39, 0.29) is 24.8 Å². The molecular formula is C12H15F3N2O3. The number of pyridine rings is 1. The van der Waals surface area contributed by atoms with Crippen molar-refractivity contribution in [1.82, 2.24) is 4.98 Å². The first-order chi connectivity index (χ1) is 9.40. The Labute approximate surface area is 113 Å². The van der Waals surface area contributed by atoms with Crippen LogP contribution in [0.4, 0.5) is 18.9 Å². The highest BCUT2D eigenvalue weighted by Gasteiger charge is 2.28. The summed E-state index contributed by atoms with van der Waals surface area (Å²) in [5.74, 6) is -0.412. The van der Waals surface area contributed by atoms with E-state index in [0.717, 1.165) is 0 Å². The highest BCUT2D eigenvalue weighted by molar-refractivity contribution is 5.90. The first-order valence-electron chi connectivity index (χ1n) is 5.97. The van der Waals surface area contributed by atoms with E-state index in [2.05, 4.69) is 15.0 Å². The van der Waals surface area contributed by atoms with Gasteiger partial charge in [-0.2, -0.15) is 13.2 Å². The van der Waals surface area contributed by atoms with Crippen LogP contribution in [0.3, 0.4) is 0 Å². The molecule has 0 fully saturated rings. The molecular weight excluding hydrogens is 277 g/mol. The second-order valence-electron chi connectivity index (χ2n) is 4.02. The highest BCUT2D eigenvalue weighted by atomic mass is 19.4. The van der Waals surface area contributed by atoms with E-state index in [1.165, 1.54) is 18.3 Å². The van der Waals surface area contributed by atoms with Gasteiger partial charge < -0.3 is 15.2 Å². The lowest BCUT2D eigenvalue weighted by atomic mass is 10.2. The third-order valence-corrected chi connectivity index (χ3v) is 2.22. The molecule has 0 aliphatic carbocycles. The lowest BCUT2D eigenvalue weighted by Crippen LogP contribution is -2.19. The van der Waals surface area contributed by atoms with E-state index in [1.807, 2.05) is 0 Å². The van der Waals surface area contributed by atoms with Crippen molar-refractivity contribution in [3.8, 4) is 5.88 Å². The highest BCUT2D eigenvalue weighted by Crippen LogP contribution is 2.18. The summed E-state index contributed by atoms with van der Waals surface area (Å²) in [5.41, 5.74) is 0.373. The number of aromatic nitrogens is 1. The maximum Gasteiger partial charge on any atom is 0.422 e. The Morgan fingerprint density at radius 1 is 1.35 bits per heavy atom. The molecule has 8 heteroatoms. The summed E-state index contributed by atoms with van der Waals surface area (Å²) >= 11 is 0. The summed E-state index contributed by atoms with van der Waals surface area (Å²) in [4.78, 5) is 15.1. The van der Waals surface area contributed by atoms with Crippen LogP contribution in [0, 0.1) is 0 Å². The molecule has 2 N–H and O–H groups in total. The van der Waals surface area contributed by atoms with Gasteiger partial charge in [-0.15, -0.1) is 0 Å². The van der Waals surface area contributed by atoms with E-state index < -0.39 is 12.8 Å². The predicted octanol–water partition coefficient (Wildman–Crippen LogP) is 2.12. The Morgan fingerprint density at radius 3 is 2.65 bits per heavy atom. The van der Waals surface area contributed by atoms with E-state index >= 15 is 0 Å². The first-order valence-corrected chi connectivity index (χ1v) is 5.97. The second kappa shape index (κ2) is 7.68. The Bertz CT molecular complexity index is 421. The van der Waals surface area contributed by atoms with Crippen molar-refractivity contribution in [3.05, 3.63) is 18.3 Å². The molecule has 1 aromatic heterocycles. The molecule has 0 spiro atoms. The number of nitrogens with one attached hydrogen (secondary N) is 1. The van der Waals surface area contributed by atoms with E-state index in [9.17, 15) is 18.0 Å². The zero-order valence-electron chi connectivity index (χ0n) is 10.6. The molecule has 5 nitrogen and oxygen atoms in total. The third kappa shape index (κ3) is 6.93. The Balaban J connectivity index is 2.40. The first kappa shape index (κ1) is 16.2. The molecule has 0 saturated carbocycles. The number of aliphatic hydroxyl groups is 1. The van der Waals surface area contributed by atoms with Crippen LogP contribution in [0.25, 0.3) is 0 Å². The maximum absolute atomic E-state index is 11.9. The van der Waals surface area contributed by atoms with Crippen molar-refractivity contribution in [2.24, 2.45) is 0 Å². The van der Waals surface area contributed by atoms with Gasteiger partial charge in [0.15, 0.2) is 6.61 Å². The quantitative estimate of drug-likeness (QED) is 0.755. The summed E-state index contributed by atoms with van der Waals surface area (Å²) in [6, 6.07) is 2.65. The van der Waals surface area contributed by atoms with Crippen molar-refractivity contribution in [2.45, 2.75) is 25.4 Å². The van der Waals surface area contributed by atoms with Gasteiger partial charge in [-0.25, -0.2) is 4.98 Å². The molecule has 0 aliphatic rings. The monoisotopic (exact) mass is 292 g/mol. The summed E-state index contributed by atoms with van der Waals surface area (Å²) in [6.07, 6.45) is -1.85. The number of aliphatic hydroxyl groups excluding tert-OH is 1. The van der Waals surface area contributed by atoms with E-state index in [0.29, 0.717) is 18.5 Å². The topological polar surface area (TPSA) is 71.5 Å². The molecule has 0 bridgehead atoms. The number of nitrogens with zero attached hydrogens (tertiary/aromatic N) is 1. The zero-order valence-corrected chi connectivity index (χ0v) is 10.6. The van der Waals surface area contributed by atoms with Crippen LogP contribution >= 0.6 is 0 Å².